The zero-order chi connectivity index (χ0) is 12.0. The fourth-order valence-corrected chi connectivity index (χ4v) is 0.934. The van der Waals surface area contributed by atoms with Crippen LogP contribution in [0.5, 0.6) is 0 Å². The summed E-state index contributed by atoms with van der Waals surface area (Å²) in [6, 6.07) is 0. The summed E-state index contributed by atoms with van der Waals surface area (Å²) < 4.78 is 44.6. The monoisotopic (exact) mass is 239 g/mol. The fraction of sp³-hybridized carbons (Fsp3) is 0.750. The molecule has 0 saturated carbocycles. The first-order valence-electron chi connectivity index (χ1n) is 4.61. The Kier molecular flexibility index (Phi) is 4.69. The second kappa shape index (κ2) is 5.80. The van der Waals surface area contributed by atoms with E-state index >= 15 is 0 Å². The lowest BCUT2D eigenvalue weighted by Gasteiger charge is -2.04. The molecule has 1 heterocycles. The van der Waals surface area contributed by atoms with Crippen molar-refractivity contribution in [2.45, 2.75) is 19.2 Å². The van der Waals surface area contributed by atoms with Gasteiger partial charge >= 0.3 is 6.18 Å². The molecule has 1 N–H and O–H groups in total. The first-order chi connectivity index (χ1) is 7.51. The lowest BCUT2D eigenvalue weighted by Crippen LogP contribution is -2.16. The van der Waals surface area contributed by atoms with Gasteiger partial charge in [0.25, 0.3) is 0 Å². The zero-order valence-corrected chi connectivity index (χ0v) is 8.67. The predicted octanol–water partition coefficient (Wildman–Crippen LogP) is 0.910. The molecule has 0 saturated heterocycles. The minimum Gasteiger partial charge on any atom is -0.423 e. The van der Waals surface area contributed by atoms with E-state index < -0.39 is 12.8 Å². The van der Waals surface area contributed by atoms with E-state index in [9.17, 15) is 13.2 Å². The van der Waals surface area contributed by atoms with E-state index in [1.165, 1.54) is 0 Å². The minimum atomic E-state index is -4.34. The van der Waals surface area contributed by atoms with Crippen LogP contribution in [0.15, 0.2) is 4.42 Å². The van der Waals surface area contributed by atoms with Crippen LogP contribution in [0.1, 0.15) is 11.8 Å². The number of alkyl halides is 3. The summed E-state index contributed by atoms with van der Waals surface area (Å²) in [5.74, 6) is 0.426. The molecule has 5 nitrogen and oxygen atoms in total. The average Bonchev–Trinajstić information content (AvgIpc) is 2.61. The van der Waals surface area contributed by atoms with Crippen molar-refractivity contribution in [1.82, 2.24) is 15.5 Å². The molecule has 16 heavy (non-hydrogen) atoms. The van der Waals surface area contributed by atoms with Gasteiger partial charge in [0.1, 0.15) is 13.2 Å². The first-order valence-corrected chi connectivity index (χ1v) is 4.61. The SMILES string of the molecule is CNCCc1nnc(COCC(F)(F)F)o1. The third kappa shape index (κ3) is 5.08. The predicted molar refractivity (Wildman–Crippen MR) is 47.6 cm³/mol. The average molecular weight is 239 g/mol. The van der Waals surface area contributed by atoms with E-state index in [1.807, 2.05) is 0 Å². The van der Waals surface area contributed by atoms with Crippen molar-refractivity contribution in [2.24, 2.45) is 0 Å². The summed E-state index contributed by atoms with van der Waals surface area (Å²) >= 11 is 0. The second-order valence-corrected chi connectivity index (χ2v) is 3.05. The number of likely N-dealkylation sites (N-methyl/N-ethyl adjacent to an activating group) is 1. The maximum atomic E-state index is 11.7. The Balaban J connectivity index is 2.29. The number of halogens is 3. The van der Waals surface area contributed by atoms with Gasteiger partial charge in [-0.2, -0.15) is 13.2 Å². The number of ether oxygens (including phenoxy) is 1. The van der Waals surface area contributed by atoms with Crippen LogP contribution < -0.4 is 5.32 Å². The van der Waals surface area contributed by atoms with Gasteiger partial charge in [0.15, 0.2) is 0 Å². The number of hydrogen-bond donors (Lipinski definition) is 1. The normalized spacial score (nSPS) is 12.0. The van der Waals surface area contributed by atoms with Crippen LogP contribution in [0.3, 0.4) is 0 Å². The van der Waals surface area contributed by atoms with Gasteiger partial charge in [0.05, 0.1) is 0 Å². The summed E-state index contributed by atoms with van der Waals surface area (Å²) in [5.41, 5.74) is 0. The third-order valence-corrected chi connectivity index (χ3v) is 1.59. The molecule has 0 amide bonds. The number of aromatic nitrogens is 2. The smallest absolute Gasteiger partial charge is 0.411 e. The zero-order valence-electron chi connectivity index (χ0n) is 8.67. The van der Waals surface area contributed by atoms with Crippen LogP contribution in [0, 0.1) is 0 Å². The van der Waals surface area contributed by atoms with Gasteiger partial charge in [-0.15, -0.1) is 10.2 Å². The van der Waals surface area contributed by atoms with Crippen molar-refractivity contribution in [3.8, 4) is 0 Å². The summed E-state index contributed by atoms with van der Waals surface area (Å²) in [6.45, 7) is -0.988. The quantitative estimate of drug-likeness (QED) is 0.799. The van der Waals surface area contributed by atoms with Crippen LogP contribution in [-0.2, 0) is 17.8 Å². The molecule has 0 radical (unpaired) electrons. The third-order valence-electron chi connectivity index (χ3n) is 1.59. The van der Waals surface area contributed by atoms with Crippen molar-refractivity contribution in [1.29, 1.82) is 0 Å². The standard InChI is InChI=1S/C8H12F3N3O2/c1-12-3-2-6-13-14-7(16-6)4-15-5-8(9,10)11/h12H,2-5H2,1H3. The molecule has 0 unspecified atom stereocenters. The van der Waals surface area contributed by atoms with E-state index in [0.29, 0.717) is 18.9 Å². The van der Waals surface area contributed by atoms with Crippen molar-refractivity contribution < 1.29 is 22.3 Å². The van der Waals surface area contributed by atoms with Crippen molar-refractivity contribution in [3.05, 3.63) is 11.8 Å². The van der Waals surface area contributed by atoms with Crippen LogP contribution in [0.2, 0.25) is 0 Å². The highest BCUT2D eigenvalue weighted by Gasteiger charge is 2.27. The van der Waals surface area contributed by atoms with E-state index in [1.54, 1.807) is 7.05 Å². The second-order valence-electron chi connectivity index (χ2n) is 3.05. The van der Waals surface area contributed by atoms with Gasteiger partial charge in [0, 0.05) is 13.0 Å². The first kappa shape index (κ1) is 12.9. The maximum Gasteiger partial charge on any atom is 0.411 e. The molecule has 1 rings (SSSR count). The van der Waals surface area contributed by atoms with Crippen molar-refractivity contribution in [2.75, 3.05) is 20.2 Å². The lowest BCUT2D eigenvalue weighted by molar-refractivity contribution is -0.177. The van der Waals surface area contributed by atoms with Gasteiger partial charge in [-0.1, -0.05) is 0 Å². The number of hydrogen-bond acceptors (Lipinski definition) is 5. The largest absolute Gasteiger partial charge is 0.423 e. The van der Waals surface area contributed by atoms with E-state index in [-0.39, 0.29) is 12.5 Å². The molecule has 8 heteroatoms. The fourth-order valence-electron chi connectivity index (χ4n) is 0.934. The molecular weight excluding hydrogens is 227 g/mol. The Morgan fingerprint density at radius 2 is 2.00 bits per heavy atom. The molecule has 0 aliphatic rings. The highest BCUT2D eigenvalue weighted by Crippen LogP contribution is 2.15. The van der Waals surface area contributed by atoms with E-state index in [4.69, 9.17) is 4.42 Å². The summed E-state index contributed by atoms with van der Waals surface area (Å²) in [7, 11) is 1.77. The minimum absolute atomic E-state index is 0.0513. The summed E-state index contributed by atoms with van der Waals surface area (Å²) in [4.78, 5) is 0. The maximum absolute atomic E-state index is 11.7. The summed E-state index contributed by atoms with van der Waals surface area (Å²) in [6.07, 6.45) is -3.81. The molecule has 0 atom stereocenters. The number of nitrogens with zero attached hydrogens (tertiary/aromatic N) is 2. The van der Waals surface area contributed by atoms with Crippen molar-refractivity contribution in [3.63, 3.8) is 0 Å². The van der Waals surface area contributed by atoms with Gasteiger partial charge in [0.2, 0.25) is 11.8 Å². The Bertz CT molecular complexity index is 314. The lowest BCUT2D eigenvalue weighted by atomic mass is 10.4. The van der Waals surface area contributed by atoms with Crippen LogP contribution >= 0.6 is 0 Å². The number of rotatable bonds is 6. The molecule has 0 aliphatic heterocycles. The van der Waals surface area contributed by atoms with Crippen LogP contribution in [0.25, 0.3) is 0 Å². The molecule has 1 aromatic rings. The van der Waals surface area contributed by atoms with Gasteiger partial charge in [-0.3, -0.25) is 0 Å². The number of nitrogens with one attached hydrogen (secondary N) is 1. The van der Waals surface area contributed by atoms with Gasteiger partial charge in [-0.25, -0.2) is 0 Å². The molecular formula is C8H12F3N3O2. The molecule has 0 aromatic carbocycles. The van der Waals surface area contributed by atoms with Crippen LogP contribution in [0.4, 0.5) is 13.2 Å². The van der Waals surface area contributed by atoms with Crippen molar-refractivity contribution >= 4 is 0 Å². The van der Waals surface area contributed by atoms with E-state index in [2.05, 4.69) is 20.3 Å². The highest BCUT2D eigenvalue weighted by molar-refractivity contribution is 4.80. The Hall–Kier alpha value is -1.15. The molecule has 0 spiro atoms. The Morgan fingerprint density at radius 3 is 2.62 bits per heavy atom. The highest BCUT2D eigenvalue weighted by atomic mass is 19.4. The molecule has 92 valence electrons. The van der Waals surface area contributed by atoms with Gasteiger partial charge in [-0.05, 0) is 7.05 Å². The Morgan fingerprint density at radius 1 is 1.31 bits per heavy atom. The molecule has 0 bridgehead atoms. The molecule has 0 aliphatic carbocycles. The van der Waals surface area contributed by atoms with Crippen LogP contribution in [-0.4, -0.2) is 36.6 Å². The topological polar surface area (TPSA) is 60.2 Å². The molecule has 1 aromatic heterocycles. The summed E-state index contributed by atoms with van der Waals surface area (Å²) in [5, 5.41) is 10.1. The molecule has 0 fully saturated rings. The Labute approximate surface area is 90.0 Å². The van der Waals surface area contributed by atoms with E-state index in [0.717, 1.165) is 0 Å². The van der Waals surface area contributed by atoms with Gasteiger partial charge < -0.3 is 14.5 Å².